The van der Waals surface area contributed by atoms with Gasteiger partial charge in [-0.3, -0.25) is 14.4 Å². The number of carbonyl (C=O) groups is 4. The second-order valence-corrected chi connectivity index (χ2v) is 7.52. The van der Waals surface area contributed by atoms with Crippen LogP contribution in [0.1, 0.15) is 50.1 Å². The molecule has 9 heteroatoms. The van der Waals surface area contributed by atoms with Crippen molar-refractivity contribution < 1.29 is 28.7 Å². The van der Waals surface area contributed by atoms with Crippen LogP contribution in [0.5, 0.6) is 0 Å². The fourth-order valence-corrected chi connectivity index (χ4v) is 3.56. The zero-order chi connectivity index (χ0) is 21.6. The lowest BCUT2D eigenvalue weighted by atomic mass is 10.2. The lowest BCUT2D eigenvalue weighted by Gasteiger charge is -2.09. The van der Waals surface area contributed by atoms with Crippen LogP contribution in [0.3, 0.4) is 0 Å². The minimum absolute atomic E-state index is 0.109. The lowest BCUT2D eigenvalue weighted by molar-refractivity contribution is -0.143. The van der Waals surface area contributed by atoms with E-state index in [0.29, 0.717) is 22.7 Å². The Bertz CT molecular complexity index is 928. The maximum atomic E-state index is 12.2. The molecule has 0 unspecified atom stereocenters. The Morgan fingerprint density at radius 1 is 1.14 bits per heavy atom. The van der Waals surface area contributed by atoms with Crippen LogP contribution < -0.4 is 5.32 Å². The summed E-state index contributed by atoms with van der Waals surface area (Å²) in [5.41, 5.74) is 1.72. The third kappa shape index (κ3) is 6.02. The Morgan fingerprint density at radius 2 is 1.86 bits per heavy atom. The average Bonchev–Trinajstić information content (AvgIpc) is 3.25. The number of carbonyl (C=O) groups excluding carboxylic acids is 4. The fourth-order valence-electron chi connectivity index (χ4n) is 2.69. The summed E-state index contributed by atoms with van der Waals surface area (Å²) in [6, 6.07) is 5.05. The summed E-state index contributed by atoms with van der Waals surface area (Å²) in [6.45, 7) is 6.77. The molecular formula is C20H24N2O6S. The molecule has 8 nitrogen and oxygen atoms in total. The van der Waals surface area contributed by atoms with E-state index >= 15 is 0 Å². The number of ether oxygens (including phenoxy) is 2. The van der Waals surface area contributed by atoms with Gasteiger partial charge >= 0.3 is 11.9 Å². The lowest BCUT2D eigenvalue weighted by Crippen LogP contribution is -2.19. The van der Waals surface area contributed by atoms with Crippen LogP contribution in [0.4, 0.5) is 0 Å². The highest BCUT2D eigenvalue weighted by Crippen LogP contribution is 2.18. The Morgan fingerprint density at radius 3 is 2.52 bits per heavy atom. The molecule has 0 aliphatic carbocycles. The number of ketones is 1. The van der Waals surface area contributed by atoms with Crippen LogP contribution in [0, 0.1) is 13.8 Å². The molecule has 1 N–H and O–H groups in total. The molecule has 29 heavy (non-hydrogen) atoms. The number of thiophene rings is 1. The summed E-state index contributed by atoms with van der Waals surface area (Å²) in [7, 11) is 0. The molecule has 0 bridgehead atoms. The Labute approximate surface area is 172 Å². The van der Waals surface area contributed by atoms with E-state index in [0.717, 1.165) is 10.6 Å². The molecule has 2 aromatic heterocycles. The highest BCUT2D eigenvalue weighted by Gasteiger charge is 2.19. The minimum atomic E-state index is -0.578. The van der Waals surface area contributed by atoms with Crippen molar-refractivity contribution in [1.82, 2.24) is 9.88 Å². The predicted molar refractivity (Wildman–Crippen MR) is 107 cm³/mol. The zero-order valence-corrected chi connectivity index (χ0v) is 17.7. The molecule has 2 aromatic rings. The van der Waals surface area contributed by atoms with Crippen molar-refractivity contribution in [2.75, 3.05) is 13.2 Å². The molecule has 0 spiro atoms. The van der Waals surface area contributed by atoms with E-state index in [1.54, 1.807) is 43.5 Å². The largest absolute Gasteiger partial charge is 0.462 e. The van der Waals surface area contributed by atoms with E-state index in [1.165, 1.54) is 18.3 Å². The van der Waals surface area contributed by atoms with Crippen molar-refractivity contribution in [2.45, 2.75) is 40.8 Å². The average molecular weight is 420 g/mol. The number of Topliss-reactive ketones (excluding diaryl/α,β-unsaturated/α-hetero) is 1. The van der Waals surface area contributed by atoms with E-state index in [4.69, 9.17) is 9.47 Å². The number of rotatable bonds is 9. The standard InChI is InChI=1S/C20H24N2O6S/c1-5-27-20(26)16-8-12(2)22(13(16)3)10-19(25)28-11-17(24)18-7-6-15(29-18)9-21-14(4)23/h6-8H,5,9-11H2,1-4H3,(H,21,23). The SMILES string of the molecule is CCOC(=O)c1cc(C)n(CC(=O)OCC(=O)c2ccc(CNC(C)=O)s2)c1C. The van der Waals surface area contributed by atoms with Gasteiger partial charge in [-0.15, -0.1) is 11.3 Å². The van der Waals surface area contributed by atoms with Gasteiger partial charge in [0, 0.05) is 23.2 Å². The molecule has 156 valence electrons. The molecule has 0 radical (unpaired) electrons. The van der Waals surface area contributed by atoms with Gasteiger partial charge < -0.3 is 19.4 Å². The van der Waals surface area contributed by atoms with Crippen LogP contribution in [0.15, 0.2) is 18.2 Å². The molecule has 2 rings (SSSR count). The normalized spacial score (nSPS) is 10.5. The second-order valence-electron chi connectivity index (χ2n) is 6.35. The van der Waals surface area contributed by atoms with Gasteiger partial charge in [-0.1, -0.05) is 0 Å². The molecule has 2 heterocycles. The topological polar surface area (TPSA) is 104 Å². The Balaban J connectivity index is 1.92. The van der Waals surface area contributed by atoms with E-state index < -0.39 is 11.9 Å². The number of hydrogen-bond donors (Lipinski definition) is 1. The highest BCUT2D eigenvalue weighted by atomic mass is 32.1. The number of amides is 1. The monoisotopic (exact) mass is 420 g/mol. The van der Waals surface area contributed by atoms with Crippen molar-refractivity contribution >= 4 is 35.0 Å². The number of hydrogen-bond acceptors (Lipinski definition) is 7. The first-order valence-electron chi connectivity index (χ1n) is 9.08. The Hall–Kier alpha value is -2.94. The molecule has 0 aliphatic rings. The van der Waals surface area contributed by atoms with Crippen LogP contribution >= 0.6 is 11.3 Å². The maximum Gasteiger partial charge on any atom is 0.339 e. The second kappa shape index (κ2) is 10.0. The van der Waals surface area contributed by atoms with Gasteiger partial charge in [0.2, 0.25) is 11.7 Å². The zero-order valence-electron chi connectivity index (χ0n) is 16.9. The van der Waals surface area contributed by atoms with E-state index in [-0.39, 0.29) is 31.4 Å². The Kier molecular flexibility index (Phi) is 7.72. The van der Waals surface area contributed by atoms with Gasteiger partial charge in [0.25, 0.3) is 0 Å². The summed E-state index contributed by atoms with van der Waals surface area (Å²) < 4.78 is 11.8. The van der Waals surface area contributed by atoms with Gasteiger partial charge in [0.15, 0.2) is 6.61 Å². The van der Waals surface area contributed by atoms with Crippen molar-refractivity contribution in [3.05, 3.63) is 44.9 Å². The molecular weight excluding hydrogens is 396 g/mol. The van der Waals surface area contributed by atoms with Crippen molar-refractivity contribution in [3.8, 4) is 0 Å². The highest BCUT2D eigenvalue weighted by molar-refractivity contribution is 7.14. The van der Waals surface area contributed by atoms with Crippen molar-refractivity contribution in [3.63, 3.8) is 0 Å². The van der Waals surface area contributed by atoms with E-state index in [9.17, 15) is 19.2 Å². The molecule has 0 aromatic carbocycles. The van der Waals surface area contributed by atoms with Gasteiger partial charge in [0.1, 0.15) is 6.54 Å². The van der Waals surface area contributed by atoms with E-state index in [1.807, 2.05) is 0 Å². The number of nitrogens with one attached hydrogen (secondary N) is 1. The van der Waals surface area contributed by atoms with Gasteiger partial charge in [-0.25, -0.2) is 4.79 Å². The van der Waals surface area contributed by atoms with Gasteiger partial charge in [0.05, 0.1) is 23.6 Å². The minimum Gasteiger partial charge on any atom is -0.462 e. The molecule has 0 atom stereocenters. The third-order valence-electron chi connectivity index (χ3n) is 4.17. The molecule has 1 amide bonds. The van der Waals surface area contributed by atoms with Crippen LogP contribution in [-0.2, 0) is 32.2 Å². The summed E-state index contributed by atoms with van der Waals surface area (Å²) >= 11 is 1.24. The summed E-state index contributed by atoms with van der Waals surface area (Å²) in [6.07, 6.45) is 0. The van der Waals surface area contributed by atoms with Crippen molar-refractivity contribution in [2.24, 2.45) is 0 Å². The van der Waals surface area contributed by atoms with Crippen molar-refractivity contribution in [1.29, 1.82) is 0 Å². The number of nitrogens with zero attached hydrogens (tertiary/aromatic N) is 1. The first kappa shape index (κ1) is 22.4. The van der Waals surface area contributed by atoms with Crippen LogP contribution in [0.25, 0.3) is 0 Å². The number of esters is 2. The quantitative estimate of drug-likeness (QED) is 0.494. The molecule has 0 saturated heterocycles. The first-order chi connectivity index (χ1) is 13.7. The number of aryl methyl sites for hydroxylation is 1. The summed E-state index contributed by atoms with van der Waals surface area (Å²) in [5, 5.41) is 2.66. The van der Waals surface area contributed by atoms with E-state index in [2.05, 4.69) is 5.32 Å². The van der Waals surface area contributed by atoms with Crippen LogP contribution in [-0.4, -0.2) is 41.4 Å². The first-order valence-corrected chi connectivity index (χ1v) is 9.90. The molecule has 0 saturated carbocycles. The fraction of sp³-hybridized carbons (Fsp3) is 0.400. The van der Waals surface area contributed by atoms with Gasteiger partial charge in [-0.2, -0.15) is 0 Å². The number of aromatic nitrogens is 1. The molecule has 0 aliphatic heterocycles. The third-order valence-corrected chi connectivity index (χ3v) is 5.29. The maximum absolute atomic E-state index is 12.2. The summed E-state index contributed by atoms with van der Waals surface area (Å²) in [5.74, 6) is -1.48. The molecule has 0 fully saturated rings. The predicted octanol–water partition coefficient (Wildman–Crippen LogP) is 2.41. The smallest absolute Gasteiger partial charge is 0.339 e. The van der Waals surface area contributed by atoms with Crippen LogP contribution in [0.2, 0.25) is 0 Å². The van der Waals surface area contributed by atoms with Gasteiger partial charge in [-0.05, 0) is 39.0 Å². The summed E-state index contributed by atoms with van der Waals surface area (Å²) in [4.78, 5) is 48.6.